The molecule has 94 valence electrons. The summed E-state index contributed by atoms with van der Waals surface area (Å²) in [4.78, 5) is 11.6. The van der Waals surface area contributed by atoms with Crippen LogP contribution >= 0.6 is 11.6 Å². The lowest BCUT2D eigenvalue weighted by molar-refractivity contribution is -0.144. The van der Waals surface area contributed by atoms with Crippen LogP contribution in [-0.2, 0) is 9.53 Å². The highest BCUT2D eigenvalue weighted by molar-refractivity contribution is 6.31. The highest BCUT2D eigenvalue weighted by atomic mass is 35.5. The first-order valence-electron chi connectivity index (χ1n) is 5.27. The average molecular weight is 258 g/mol. The zero-order valence-corrected chi connectivity index (χ0v) is 10.9. The van der Waals surface area contributed by atoms with Crippen molar-refractivity contribution in [1.29, 1.82) is 0 Å². The first kappa shape index (κ1) is 13.8. The van der Waals surface area contributed by atoms with Crippen LogP contribution in [0.4, 0.5) is 0 Å². The van der Waals surface area contributed by atoms with Gasteiger partial charge in [0.2, 0.25) is 0 Å². The van der Waals surface area contributed by atoms with E-state index in [0.29, 0.717) is 16.3 Å². The SMILES string of the molecule is CCOC(=O)C(N)c1cc(Cl)c(C)cc1OC. The zero-order valence-electron chi connectivity index (χ0n) is 10.1. The van der Waals surface area contributed by atoms with Crippen LogP contribution in [0.3, 0.4) is 0 Å². The Morgan fingerprint density at radius 2 is 2.18 bits per heavy atom. The third kappa shape index (κ3) is 3.11. The highest BCUT2D eigenvalue weighted by Crippen LogP contribution is 2.30. The molecule has 0 heterocycles. The molecule has 0 aliphatic rings. The van der Waals surface area contributed by atoms with E-state index in [2.05, 4.69) is 0 Å². The van der Waals surface area contributed by atoms with Crippen LogP contribution in [0.25, 0.3) is 0 Å². The molecule has 0 aromatic heterocycles. The Labute approximate surface area is 106 Å². The number of methoxy groups -OCH3 is 1. The van der Waals surface area contributed by atoms with Gasteiger partial charge >= 0.3 is 5.97 Å². The number of ether oxygens (including phenoxy) is 2. The first-order valence-corrected chi connectivity index (χ1v) is 5.65. The van der Waals surface area contributed by atoms with E-state index in [1.165, 1.54) is 7.11 Å². The van der Waals surface area contributed by atoms with E-state index < -0.39 is 12.0 Å². The molecule has 1 aromatic carbocycles. The molecule has 0 bridgehead atoms. The Morgan fingerprint density at radius 1 is 1.53 bits per heavy atom. The molecule has 0 saturated heterocycles. The molecule has 0 radical (unpaired) electrons. The summed E-state index contributed by atoms with van der Waals surface area (Å²) in [6.45, 7) is 3.86. The van der Waals surface area contributed by atoms with Gasteiger partial charge in [-0.3, -0.25) is 0 Å². The average Bonchev–Trinajstić information content (AvgIpc) is 2.31. The maximum Gasteiger partial charge on any atom is 0.327 e. The van der Waals surface area contributed by atoms with E-state index in [0.717, 1.165) is 5.56 Å². The van der Waals surface area contributed by atoms with Crippen molar-refractivity contribution in [3.63, 3.8) is 0 Å². The zero-order chi connectivity index (χ0) is 13.0. The summed E-state index contributed by atoms with van der Waals surface area (Å²) in [6, 6.07) is 2.50. The van der Waals surface area contributed by atoms with Gasteiger partial charge in [-0.05, 0) is 31.5 Å². The molecule has 1 atom stereocenters. The number of halogens is 1. The molecule has 0 saturated carbocycles. The first-order chi connectivity index (χ1) is 8.01. The number of rotatable bonds is 4. The number of hydrogen-bond acceptors (Lipinski definition) is 4. The maximum absolute atomic E-state index is 11.6. The summed E-state index contributed by atoms with van der Waals surface area (Å²) in [6.07, 6.45) is 0. The van der Waals surface area contributed by atoms with Crippen LogP contribution in [0.15, 0.2) is 12.1 Å². The van der Waals surface area contributed by atoms with Crippen LogP contribution in [-0.4, -0.2) is 19.7 Å². The van der Waals surface area contributed by atoms with Gasteiger partial charge in [0, 0.05) is 10.6 Å². The van der Waals surface area contributed by atoms with E-state index in [9.17, 15) is 4.79 Å². The van der Waals surface area contributed by atoms with Gasteiger partial charge in [-0.25, -0.2) is 4.79 Å². The third-order valence-corrected chi connectivity index (χ3v) is 2.79. The summed E-state index contributed by atoms with van der Waals surface area (Å²) in [5, 5.41) is 0.542. The summed E-state index contributed by atoms with van der Waals surface area (Å²) in [5.41, 5.74) is 7.20. The number of benzene rings is 1. The lowest BCUT2D eigenvalue weighted by Crippen LogP contribution is -2.24. The van der Waals surface area contributed by atoms with Crippen molar-refractivity contribution in [2.45, 2.75) is 19.9 Å². The molecule has 0 fully saturated rings. The van der Waals surface area contributed by atoms with Crippen molar-refractivity contribution in [1.82, 2.24) is 0 Å². The normalized spacial score (nSPS) is 12.1. The van der Waals surface area contributed by atoms with Gasteiger partial charge in [0.25, 0.3) is 0 Å². The Bertz CT molecular complexity index is 420. The van der Waals surface area contributed by atoms with Crippen molar-refractivity contribution in [2.24, 2.45) is 5.73 Å². The fraction of sp³-hybridized carbons (Fsp3) is 0.417. The van der Waals surface area contributed by atoms with Gasteiger partial charge in [0.15, 0.2) is 0 Å². The summed E-state index contributed by atoms with van der Waals surface area (Å²) in [7, 11) is 1.52. The quantitative estimate of drug-likeness (QED) is 0.840. The molecule has 1 aromatic rings. The van der Waals surface area contributed by atoms with E-state index in [1.807, 2.05) is 6.92 Å². The van der Waals surface area contributed by atoms with Crippen molar-refractivity contribution < 1.29 is 14.3 Å². The Balaban J connectivity index is 3.11. The van der Waals surface area contributed by atoms with Crippen molar-refractivity contribution in [3.05, 3.63) is 28.3 Å². The molecule has 17 heavy (non-hydrogen) atoms. The Kier molecular flexibility index (Phi) is 4.78. The molecule has 0 aliphatic carbocycles. The smallest absolute Gasteiger partial charge is 0.327 e. The van der Waals surface area contributed by atoms with Crippen LogP contribution in [0, 0.1) is 6.92 Å². The fourth-order valence-corrected chi connectivity index (χ4v) is 1.62. The largest absolute Gasteiger partial charge is 0.496 e. The standard InChI is InChI=1S/C12H16ClNO3/c1-4-17-12(15)11(14)8-6-9(13)7(2)5-10(8)16-3/h5-6,11H,4,14H2,1-3H3. The third-order valence-electron chi connectivity index (χ3n) is 2.39. The maximum atomic E-state index is 11.6. The van der Waals surface area contributed by atoms with Gasteiger partial charge in [-0.2, -0.15) is 0 Å². The monoisotopic (exact) mass is 257 g/mol. The van der Waals surface area contributed by atoms with E-state index in [1.54, 1.807) is 19.1 Å². The minimum absolute atomic E-state index is 0.286. The molecule has 1 rings (SSSR count). The van der Waals surface area contributed by atoms with E-state index >= 15 is 0 Å². The van der Waals surface area contributed by atoms with E-state index in [4.69, 9.17) is 26.8 Å². The van der Waals surface area contributed by atoms with Crippen LogP contribution in [0.1, 0.15) is 24.1 Å². The fourth-order valence-electron chi connectivity index (χ4n) is 1.45. The Hall–Kier alpha value is -1.26. The van der Waals surface area contributed by atoms with Gasteiger partial charge < -0.3 is 15.2 Å². The van der Waals surface area contributed by atoms with Crippen LogP contribution < -0.4 is 10.5 Å². The summed E-state index contributed by atoms with van der Waals surface area (Å²) < 4.78 is 10.0. The number of aryl methyl sites for hydroxylation is 1. The second-order valence-corrected chi connectivity index (χ2v) is 3.98. The summed E-state index contributed by atoms with van der Waals surface area (Å²) >= 11 is 6.01. The summed E-state index contributed by atoms with van der Waals surface area (Å²) in [5.74, 6) is 0.0400. The minimum atomic E-state index is -0.886. The lowest BCUT2D eigenvalue weighted by atomic mass is 10.0. The molecule has 4 nitrogen and oxygen atoms in total. The van der Waals surface area contributed by atoms with Crippen LogP contribution in [0.2, 0.25) is 5.02 Å². The number of hydrogen-bond donors (Lipinski definition) is 1. The van der Waals surface area contributed by atoms with Gasteiger partial charge in [0.05, 0.1) is 13.7 Å². The topological polar surface area (TPSA) is 61.5 Å². The molecule has 1 unspecified atom stereocenters. The highest BCUT2D eigenvalue weighted by Gasteiger charge is 2.21. The second-order valence-electron chi connectivity index (χ2n) is 3.57. The van der Waals surface area contributed by atoms with Crippen molar-refractivity contribution in [2.75, 3.05) is 13.7 Å². The predicted molar refractivity (Wildman–Crippen MR) is 66.3 cm³/mol. The molecule has 0 amide bonds. The molecule has 2 N–H and O–H groups in total. The van der Waals surface area contributed by atoms with Gasteiger partial charge in [-0.1, -0.05) is 11.6 Å². The molecule has 0 spiro atoms. The lowest BCUT2D eigenvalue weighted by Gasteiger charge is -2.15. The number of carbonyl (C=O) groups excluding carboxylic acids is 1. The van der Waals surface area contributed by atoms with Crippen molar-refractivity contribution >= 4 is 17.6 Å². The Morgan fingerprint density at radius 3 is 2.71 bits per heavy atom. The molecular formula is C12H16ClNO3. The van der Waals surface area contributed by atoms with Crippen molar-refractivity contribution in [3.8, 4) is 5.75 Å². The second kappa shape index (κ2) is 5.89. The molecule has 0 aliphatic heterocycles. The predicted octanol–water partition coefficient (Wildman–Crippen LogP) is 2.22. The minimum Gasteiger partial charge on any atom is -0.496 e. The van der Waals surface area contributed by atoms with E-state index in [-0.39, 0.29) is 6.61 Å². The van der Waals surface area contributed by atoms with Gasteiger partial charge in [0.1, 0.15) is 11.8 Å². The van der Waals surface area contributed by atoms with Crippen LogP contribution in [0.5, 0.6) is 5.75 Å². The molecular weight excluding hydrogens is 242 g/mol. The number of nitrogens with two attached hydrogens (primary N) is 1. The molecule has 5 heteroatoms. The number of carbonyl (C=O) groups is 1. The number of esters is 1. The van der Waals surface area contributed by atoms with Gasteiger partial charge in [-0.15, -0.1) is 0 Å².